The molecule has 0 aromatic heterocycles. The molecule has 1 saturated carbocycles. The third-order valence-corrected chi connectivity index (χ3v) is 7.78. The van der Waals surface area contributed by atoms with E-state index < -0.39 is 24.1 Å². The Morgan fingerprint density at radius 2 is 1.71 bits per heavy atom. The van der Waals surface area contributed by atoms with Crippen molar-refractivity contribution in [2.45, 2.75) is 83.0 Å². The van der Waals surface area contributed by atoms with Gasteiger partial charge >= 0.3 is 11.9 Å². The number of rotatable bonds is 10. The SMILES string of the molecule is C[C@H](C[C@H](O)[C@@H](N)CN1CC(=O)N(c2ccccc2Cl)CC1(C)C)C(=O)NC1CCCCC1.O=C(O)C=CC(=O)O. The number of aliphatic carboxylic acids is 2. The molecular weight excluding hydrogens is 552 g/mol. The number of carbonyl (C=O) groups is 4. The summed E-state index contributed by atoms with van der Waals surface area (Å²) in [6.45, 7) is 6.98. The molecule has 228 valence electrons. The lowest BCUT2D eigenvalue weighted by Gasteiger charge is -2.47. The van der Waals surface area contributed by atoms with Gasteiger partial charge in [0.05, 0.1) is 23.4 Å². The lowest BCUT2D eigenvalue weighted by atomic mass is 9.92. The van der Waals surface area contributed by atoms with Crippen LogP contribution in [0, 0.1) is 5.92 Å². The predicted octanol–water partition coefficient (Wildman–Crippen LogP) is 2.64. The van der Waals surface area contributed by atoms with Gasteiger partial charge < -0.3 is 31.3 Å². The molecule has 2 fully saturated rings. The Labute approximate surface area is 246 Å². The van der Waals surface area contributed by atoms with Crippen molar-refractivity contribution in [3.05, 3.63) is 41.4 Å². The van der Waals surface area contributed by atoms with E-state index in [-0.39, 0.29) is 35.9 Å². The van der Waals surface area contributed by atoms with Gasteiger partial charge in [-0.3, -0.25) is 14.5 Å². The number of aliphatic hydroxyl groups is 1. The summed E-state index contributed by atoms with van der Waals surface area (Å²) in [5.74, 6) is -2.90. The lowest BCUT2D eigenvalue weighted by Crippen LogP contribution is -2.64. The number of amides is 2. The summed E-state index contributed by atoms with van der Waals surface area (Å²) in [6, 6.07) is 7.03. The van der Waals surface area contributed by atoms with Gasteiger partial charge in [-0.1, -0.05) is 49.9 Å². The van der Waals surface area contributed by atoms with E-state index in [1.165, 1.54) is 6.42 Å². The molecule has 1 aliphatic heterocycles. The number of benzene rings is 1. The summed E-state index contributed by atoms with van der Waals surface area (Å²) in [5.41, 5.74) is 6.70. The maximum absolute atomic E-state index is 12.9. The second-order valence-corrected chi connectivity index (χ2v) is 11.8. The molecule has 11 nitrogen and oxygen atoms in total. The highest BCUT2D eigenvalue weighted by Gasteiger charge is 2.40. The van der Waals surface area contributed by atoms with Crippen LogP contribution in [-0.4, -0.2) is 87.3 Å². The van der Waals surface area contributed by atoms with E-state index in [9.17, 15) is 24.3 Å². The largest absolute Gasteiger partial charge is 0.478 e. The average Bonchev–Trinajstić information content (AvgIpc) is 2.90. The first-order valence-corrected chi connectivity index (χ1v) is 14.3. The second-order valence-electron chi connectivity index (χ2n) is 11.3. The van der Waals surface area contributed by atoms with Crippen LogP contribution in [0.4, 0.5) is 5.69 Å². The number of para-hydroxylation sites is 1. The van der Waals surface area contributed by atoms with Crippen molar-refractivity contribution in [1.29, 1.82) is 0 Å². The number of carboxylic acid groups (broad SMARTS) is 2. The van der Waals surface area contributed by atoms with Gasteiger partial charge in [-0.15, -0.1) is 0 Å². The van der Waals surface area contributed by atoms with E-state index in [0.717, 1.165) is 25.7 Å². The van der Waals surface area contributed by atoms with Crippen molar-refractivity contribution in [2.75, 3.05) is 24.5 Å². The topological polar surface area (TPSA) is 173 Å². The third kappa shape index (κ3) is 11.1. The van der Waals surface area contributed by atoms with E-state index in [2.05, 4.69) is 19.2 Å². The molecule has 0 spiro atoms. The summed E-state index contributed by atoms with van der Waals surface area (Å²) >= 11 is 6.32. The van der Waals surface area contributed by atoms with Crippen molar-refractivity contribution >= 4 is 41.0 Å². The van der Waals surface area contributed by atoms with E-state index in [4.69, 9.17) is 27.5 Å². The number of hydrogen-bond acceptors (Lipinski definition) is 7. The van der Waals surface area contributed by atoms with Crippen LogP contribution >= 0.6 is 11.6 Å². The van der Waals surface area contributed by atoms with Crippen molar-refractivity contribution in [2.24, 2.45) is 11.7 Å². The molecule has 1 aromatic carbocycles. The summed E-state index contributed by atoms with van der Waals surface area (Å²) in [6.07, 6.45) is 6.20. The fourth-order valence-corrected chi connectivity index (χ4v) is 5.23. The Kier molecular flexibility index (Phi) is 13.2. The molecule has 3 rings (SSSR count). The van der Waals surface area contributed by atoms with Crippen molar-refractivity contribution in [1.82, 2.24) is 10.2 Å². The molecule has 0 bridgehead atoms. The van der Waals surface area contributed by atoms with Crippen LogP contribution in [-0.2, 0) is 19.2 Å². The molecule has 2 aliphatic rings. The zero-order valence-electron chi connectivity index (χ0n) is 24.0. The number of nitrogens with two attached hydrogens (primary N) is 1. The van der Waals surface area contributed by atoms with E-state index in [1.54, 1.807) is 11.0 Å². The summed E-state index contributed by atoms with van der Waals surface area (Å²) < 4.78 is 0. The Morgan fingerprint density at radius 3 is 2.27 bits per heavy atom. The van der Waals surface area contributed by atoms with Crippen molar-refractivity contribution in [3.8, 4) is 0 Å². The second kappa shape index (κ2) is 15.9. The maximum atomic E-state index is 12.9. The van der Waals surface area contributed by atoms with Crippen LogP contribution in [0.3, 0.4) is 0 Å². The minimum absolute atomic E-state index is 0.0167. The fraction of sp³-hybridized carbons (Fsp3) is 0.586. The molecule has 0 radical (unpaired) electrons. The molecule has 41 heavy (non-hydrogen) atoms. The molecule has 1 saturated heterocycles. The van der Waals surface area contributed by atoms with Crippen LogP contribution in [0.2, 0.25) is 5.02 Å². The Morgan fingerprint density at radius 1 is 1.12 bits per heavy atom. The Balaban J connectivity index is 0.000000642. The van der Waals surface area contributed by atoms with Gasteiger partial charge in [0.2, 0.25) is 11.8 Å². The first-order chi connectivity index (χ1) is 19.2. The van der Waals surface area contributed by atoms with Crippen LogP contribution < -0.4 is 16.0 Å². The van der Waals surface area contributed by atoms with Gasteiger partial charge in [0.25, 0.3) is 0 Å². The van der Waals surface area contributed by atoms with Gasteiger partial charge in [0, 0.05) is 48.8 Å². The lowest BCUT2D eigenvalue weighted by molar-refractivity contribution is -0.134. The molecule has 1 aliphatic carbocycles. The van der Waals surface area contributed by atoms with E-state index in [1.807, 2.05) is 30.0 Å². The van der Waals surface area contributed by atoms with Crippen molar-refractivity contribution < 1.29 is 34.5 Å². The molecule has 12 heteroatoms. The van der Waals surface area contributed by atoms with E-state index in [0.29, 0.717) is 42.4 Å². The highest BCUT2D eigenvalue weighted by molar-refractivity contribution is 6.33. The molecule has 1 aromatic rings. The standard InChI is InChI=1S/C25H39ClN4O3.C4H4O4/c1-17(24(33)28-18-9-5-4-6-10-18)13-22(31)20(27)14-29-15-23(32)30(16-25(29,2)3)21-12-8-7-11-19(21)26;5-3(6)1-2-4(7)8/h7-8,11-12,17-18,20,22,31H,4-6,9-10,13-16,27H2,1-3H3,(H,28,33);1-2H,(H,5,6)(H,7,8)/t17-,20+,22+;/m1./s1. The highest BCUT2D eigenvalue weighted by Crippen LogP contribution is 2.31. The maximum Gasteiger partial charge on any atom is 0.328 e. The molecule has 6 N–H and O–H groups in total. The van der Waals surface area contributed by atoms with Gasteiger partial charge in [-0.2, -0.15) is 0 Å². The van der Waals surface area contributed by atoms with Crippen LogP contribution in [0.1, 0.15) is 59.3 Å². The average molecular weight is 595 g/mol. The molecule has 2 amide bonds. The fourth-order valence-electron chi connectivity index (χ4n) is 4.99. The van der Waals surface area contributed by atoms with Gasteiger partial charge in [0.1, 0.15) is 0 Å². The minimum atomic E-state index is -1.26. The number of anilines is 1. The number of nitrogens with zero attached hydrogens (tertiary/aromatic N) is 2. The first kappa shape index (κ1) is 34.2. The molecular formula is C29H43ClN4O7. The monoisotopic (exact) mass is 594 g/mol. The normalized spacial score (nSPS) is 20.0. The number of aliphatic hydroxyl groups excluding tert-OH is 1. The summed E-state index contributed by atoms with van der Waals surface area (Å²) in [7, 11) is 0. The van der Waals surface area contributed by atoms with Crippen LogP contribution in [0.25, 0.3) is 0 Å². The summed E-state index contributed by atoms with van der Waals surface area (Å²) in [5, 5.41) is 30.0. The first-order valence-electron chi connectivity index (χ1n) is 13.9. The number of nitrogens with one attached hydrogen (secondary N) is 1. The number of carbonyl (C=O) groups excluding carboxylic acids is 2. The van der Waals surface area contributed by atoms with Gasteiger partial charge in [-0.25, -0.2) is 9.59 Å². The van der Waals surface area contributed by atoms with Crippen molar-refractivity contribution in [3.63, 3.8) is 0 Å². The zero-order chi connectivity index (χ0) is 30.7. The Hall–Kier alpha value is -2.99. The number of hydrogen-bond donors (Lipinski definition) is 5. The van der Waals surface area contributed by atoms with E-state index >= 15 is 0 Å². The van der Waals surface area contributed by atoms with Crippen LogP contribution in [0.15, 0.2) is 36.4 Å². The predicted molar refractivity (Wildman–Crippen MR) is 157 cm³/mol. The molecule has 3 atom stereocenters. The van der Waals surface area contributed by atoms with Gasteiger partial charge in [-0.05, 0) is 45.2 Å². The Bertz CT molecular complexity index is 1070. The smallest absolute Gasteiger partial charge is 0.328 e. The van der Waals surface area contributed by atoms with Gasteiger partial charge in [0.15, 0.2) is 0 Å². The third-order valence-electron chi connectivity index (χ3n) is 7.46. The number of carboxylic acids is 2. The number of piperazine rings is 1. The quantitative estimate of drug-likeness (QED) is 0.255. The molecule has 1 heterocycles. The minimum Gasteiger partial charge on any atom is -0.478 e. The number of halogens is 1. The molecule has 0 unspecified atom stereocenters. The highest BCUT2D eigenvalue weighted by atomic mass is 35.5. The zero-order valence-corrected chi connectivity index (χ0v) is 24.7. The van der Waals surface area contributed by atoms with Crippen LogP contribution in [0.5, 0.6) is 0 Å². The summed E-state index contributed by atoms with van der Waals surface area (Å²) in [4.78, 5) is 48.3.